The molecule has 35 heteroatoms. The van der Waals surface area contributed by atoms with Gasteiger partial charge in [0.25, 0.3) is 0 Å². The Morgan fingerprint density at radius 1 is 0.543 bits per heavy atom. The number of hydrogen-bond donors (Lipinski definition) is 0. The molecule has 3 unspecified atom stereocenters. The van der Waals surface area contributed by atoms with E-state index >= 15 is 0 Å². The molecule has 0 bridgehead atoms. The van der Waals surface area contributed by atoms with Crippen molar-refractivity contribution in [1.82, 2.24) is 14.7 Å². The van der Waals surface area contributed by atoms with Gasteiger partial charge < -0.3 is 46.8 Å². The second-order valence-corrected chi connectivity index (χ2v) is 23.1. The summed E-state index contributed by atoms with van der Waals surface area (Å²) in [4.78, 5) is 41.6. The maximum atomic E-state index is 12.5. The molecule has 3 fully saturated rings. The van der Waals surface area contributed by atoms with Crippen molar-refractivity contribution >= 4 is 60.0 Å². The van der Waals surface area contributed by atoms with E-state index < -0.39 is 113 Å². The third-order valence-electron chi connectivity index (χ3n) is 10.9. The van der Waals surface area contributed by atoms with Crippen LogP contribution in [0.4, 0.5) is 39.5 Å². The molecule has 0 aliphatic carbocycles. The first-order chi connectivity index (χ1) is 37.6. The monoisotopic (exact) mass is 1250 g/mol. The lowest BCUT2D eigenvalue weighted by molar-refractivity contribution is -0.274. The molecule has 456 valence electrons. The Kier molecular flexibility index (Phi) is 26.3. The van der Waals surface area contributed by atoms with Crippen LogP contribution in [-0.4, -0.2) is 218 Å². The Balaban J connectivity index is 0.000000261. The number of morpholine rings is 3. The fourth-order valence-electron chi connectivity index (χ4n) is 7.56. The van der Waals surface area contributed by atoms with Crippen LogP contribution in [0.3, 0.4) is 0 Å². The standard InChI is InChI=1S/C16H20F3NO6S.C15H18F3NO7S.C15H18F3NO6S2/c17-16(18,19)13-3-1-12(2-4-13)9-15(21)26-14(11-27(22,23)24)10-20-5-7-25-8-6-20;16-15(17,18)26-12-3-1-2-11(8-12)14(20)25-13(10-27(21,22)23)9-19-4-6-24-7-5-19;16-15(17,18)26-13-3-1-2-11(8-13)14(20)25-12(10-27(21,22)23)9-19-4-6-24-7-5-19/h1-4,14H,5-11H2,(H,22,23,24);1-3,8,13H,4-7,9-10H2,(H,21,22,23);1-3,8,12H,4-7,9-10H2,(H,21,22,23)/p-3. The maximum absolute atomic E-state index is 12.5. The Bertz CT molecular complexity index is 2710. The molecule has 3 aromatic rings. The van der Waals surface area contributed by atoms with Crippen LogP contribution in [0.1, 0.15) is 31.8 Å². The topological polar surface area (TPSA) is 297 Å². The normalized spacial score (nSPS) is 17.4. The Morgan fingerprint density at radius 2 is 0.926 bits per heavy atom. The molecular formula is C46H53F9N3O19S4-3. The summed E-state index contributed by atoms with van der Waals surface area (Å²) < 4.78 is 246. The van der Waals surface area contributed by atoms with Gasteiger partial charge in [0.2, 0.25) is 0 Å². The lowest BCUT2D eigenvalue weighted by Crippen LogP contribution is -2.44. The van der Waals surface area contributed by atoms with Crippen molar-refractivity contribution in [2.75, 3.05) is 116 Å². The number of benzene rings is 3. The van der Waals surface area contributed by atoms with Crippen molar-refractivity contribution in [3.8, 4) is 5.75 Å². The van der Waals surface area contributed by atoms with Crippen molar-refractivity contribution in [2.24, 2.45) is 0 Å². The summed E-state index contributed by atoms with van der Waals surface area (Å²) in [5.74, 6) is -6.26. The zero-order valence-electron chi connectivity index (χ0n) is 42.2. The van der Waals surface area contributed by atoms with Gasteiger partial charge in [-0.1, -0.05) is 24.3 Å². The fourth-order valence-corrected chi connectivity index (χ4v) is 10.0. The smallest absolute Gasteiger partial charge is 0.573 e. The van der Waals surface area contributed by atoms with Crippen LogP contribution in [0.2, 0.25) is 0 Å². The molecule has 3 aliphatic heterocycles. The molecule has 0 amide bonds. The van der Waals surface area contributed by atoms with Crippen LogP contribution in [0.5, 0.6) is 5.75 Å². The lowest BCUT2D eigenvalue weighted by Gasteiger charge is -2.30. The molecule has 3 saturated heterocycles. The van der Waals surface area contributed by atoms with Crippen LogP contribution >= 0.6 is 11.8 Å². The molecule has 0 radical (unpaired) electrons. The summed E-state index contributed by atoms with van der Waals surface area (Å²) in [5.41, 5.74) is -5.52. The van der Waals surface area contributed by atoms with Crippen molar-refractivity contribution in [3.63, 3.8) is 0 Å². The number of esters is 3. The highest BCUT2D eigenvalue weighted by Gasteiger charge is 2.33. The van der Waals surface area contributed by atoms with Gasteiger partial charge in [0, 0.05) is 63.8 Å². The van der Waals surface area contributed by atoms with Crippen molar-refractivity contribution in [2.45, 2.75) is 47.7 Å². The fraction of sp³-hybridized carbons (Fsp3) is 0.543. The van der Waals surface area contributed by atoms with Gasteiger partial charge in [-0.15, -0.1) is 13.2 Å². The van der Waals surface area contributed by atoms with E-state index in [1.807, 2.05) is 4.90 Å². The summed E-state index contributed by atoms with van der Waals surface area (Å²) in [6.45, 7) is 5.46. The number of ether oxygens (including phenoxy) is 7. The van der Waals surface area contributed by atoms with E-state index in [2.05, 4.69) is 4.74 Å². The lowest BCUT2D eigenvalue weighted by atomic mass is 10.1. The molecule has 0 N–H and O–H groups in total. The number of halogens is 9. The Morgan fingerprint density at radius 3 is 1.30 bits per heavy atom. The highest BCUT2D eigenvalue weighted by Crippen LogP contribution is 2.37. The van der Waals surface area contributed by atoms with E-state index in [9.17, 15) is 92.8 Å². The van der Waals surface area contributed by atoms with Crippen molar-refractivity contribution in [3.05, 3.63) is 95.1 Å². The summed E-state index contributed by atoms with van der Waals surface area (Å²) in [6.07, 6.45) is -13.4. The second-order valence-electron chi connectivity index (χ2n) is 17.6. The van der Waals surface area contributed by atoms with E-state index in [0.717, 1.165) is 48.5 Å². The van der Waals surface area contributed by atoms with E-state index in [0.29, 0.717) is 78.9 Å². The average Bonchev–Trinajstić information content (AvgIpc) is 3.33. The molecule has 6 rings (SSSR count). The molecule has 0 aromatic heterocycles. The first-order valence-electron chi connectivity index (χ1n) is 23.8. The molecule has 3 atom stereocenters. The molecule has 3 aromatic carbocycles. The highest BCUT2D eigenvalue weighted by molar-refractivity contribution is 8.00. The predicted octanol–water partition coefficient (Wildman–Crippen LogP) is 3.73. The van der Waals surface area contributed by atoms with Crippen LogP contribution < -0.4 is 4.74 Å². The van der Waals surface area contributed by atoms with E-state index in [1.54, 1.807) is 9.80 Å². The highest BCUT2D eigenvalue weighted by atomic mass is 32.2. The van der Waals surface area contributed by atoms with Crippen LogP contribution in [0, 0.1) is 0 Å². The van der Waals surface area contributed by atoms with Crippen molar-refractivity contribution in [1.29, 1.82) is 0 Å². The third-order valence-corrected chi connectivity index (χ3v) is 14.0. The minimum Gasteiger partial charge on any atom is -0.748 e. The Hall–Kier alpha value is -4.92. The van der Waals surface area contributed by atoms with Gasteiger partial charge in [0.15, 0.2) is 0 Å². The number of carbonyl (C=O) groups excluding carboxylic acids is 3. The SMILES string of the molecule is O=C(Cc1ccc(C(F)(F)F)cc1)OC(CN1CCOCC1)CS(=O)(=O)[O-].O=C(OC(CN1CCOCC1)CS(=O)(=O)[O-])c1cccc(OC(F)(F)F)c1.O=C(OC(CN1CCOCC1)CS(=O)(=O)[O-])c1cccc(SC(F)(F)F)c1. The molecule has 0 saturated carbocycles. The summed E-state index contributed by atoms with van der Waals surface area (Å²) >= 11 is -0.386. The number of hydrogen-bond acceptors (Lipinski definition) is 23. The quantitative estimate of drug-likeness (QED) is 0.0482. The molecule has 3 aliphatic rings. The first kappa shape index (κ1) is 68.6. The van der Waals surface area contributed by atoms with Crippen LogP contribution in [-0.2, 0) is 76.2 Å². The number of nitrogens with zero attached hydrogens (tertiary/aromatic N) is 3. The van der Waals surface area contributed by atoms with Gasteiger partial charge in [-0.2, -0.15) is 26.3 Å². The Labute approximate surface area is 463 Å². The number of alkyl halides is 9. The number of thioether (sulfide) groups is 1. The number of carbonyl (C=O) groups is 3. The number of rotatable bonds is 21. The molecule has 0 spiro atoms. The largest absolute Gasteiger partial charge is 0.748 e. The summed E-state index contributed by atoms with van der Waals surface area (Å²) in [5, 5.41) is 0. The third kappa shape index (κ3) is 29.8. The summed E-state index contributed by atoms with van der Waals surface area (Å²) in [7, 11) is -14.0. The maximum Gasteiger partial charge on any atom is 0.573 e. The second kappa shape index (κ2) is 31.1. The van der Waals surface area contributed by atoms with Gasteiger partial charge in [-0.3, -0.25) is 19.5 Å². The van der Waals surface area contributed by atoms with E-state index in [1.165, 1.54) is 24.3 Å². The van der Waals surface area contributed by atoms with Crippen molar-refractivity contribution < 1.29 is 126 Å². The first-order valence-corrected chi connectivity index (χ1v) is 29.3. The molecule has 22 nitrogen and oxygen atoms in total. The molecule has 3 heterocycles. The van der Waals surface area contributed by atoms with E-state index in [4.69, 9.17) is 28.4 Å². The summed E-state index contributed by atoms with van der Waals surface area (Å²) in [6, 6.07) is 12.8. The van der Waals surface area contributed by atoms with Crippen LogP contribution in [0.25, 0.3) is 0 Å². The zero-order valence-corrected chi connectivity index (χ0v) is 45.5. The minimum atomic E-state index is -4.93. The zero-order chi connectivity index (χ0) is 60.2. The molecular weight excluding hydrogens is 1200 g/mol. The van der Waals surface area contributed by atoms with Gasteiger partial charge in [-0.05, 0) is 65.9 Å². The van der Waals surface area contributed by atoms with Gasteiger partial charge >= 0.3 is 36.0 Å². The van der Waals surface area contributed by atoms with Gasteiger partial charge in [0.05, 0.1) is 110 Å². The van der Waals surface area contributed by atoms with Crippen LogP contribution in [0.15, 0.2) is 77.7 Å². The average molecular weight is 1250 g/mol. The predicted molar refractivity (Wildman–Crippen MR) is 260 cm³/mol. The van der Waals surface area contributed by atoms with Gasteiger partial charge in [-0.25, -0.2) is 34.8 Å². The molecule has 81 heavy (non-hydrogen) atoms. The van der Waals surface area contributed by atoms with E-state index in [-0.39, 0.29) is 59.4 Å². The van der Waals surface area contributed by atoms with Gasteiger partial charge in [0.1, 0.15) is 24.1 Å². The minimum absolute atomic E-state index is 0.00750.